The smallest absolute Gasteiger partial charge is 0.319 e. The molecule has 1 fully saturated rings. The van der Waals surface area contributed by atoms with Crippen LogP contribution in [0.1, 0.15) is 43.9 Å². The van der Waals surface area contributed by atoms with Crippen LogP contribution < -0.4 is 10.6 Å². The number of hydrogen-bond donors (Lipinski definition) is 2. The Morgan fingerprint density at radius 2 is 1.77 bits per heavy atom. The van der Waals surface area contributed by atoms with Crippen molar-refractivity contribution < 1.29 is 9.59 Å². The molecule has 1 heterocycles. The van der Waals surface area contributed by atoms with Gasteiger partial charge in [0.05, 0.1) is 6.04 Å². The molecule has 0 saturated carbocycles. The Morgan fingerprint density at radius 1 is 1.07 bits per heavy atom. The lowest BCUT2D eigenvalue weighted by atomic mass is 10.1. The second kappa shape index (κ2) is 10.8. The Hall–Kier alpha value is -2.86. The molecule has 6 nitrogen and oxygen atoms in total. The number of likely N-dealkylation sites (tertiary alicyclic amines) is 1. The van der Waals surface area contributed by atoms with Crippen LogP contribution in [0.2, 0.25) is 0 Å². The van der Waals surface area contributed by atoms with Crippen LogP contribution in [0.15, 0.2) is 54.6 Å². The first kappa shape index (κ1) is 21.8. The van der Waals surface area contributed by atoms with Gasteiger partial charge in [-0.2, -0.15) is 0 Å². The van der Waals surface area contributed by atoms with Gasteiger partial charge in [0.25, 0.3) is 0 Å². The summed E-state index contributed by atoms with van der Waals surface area (Å²) in [5.41, 5.74) is 3.01. The average Bonchev–Trinajstić information content (AvgIpc) is 3.17. The number of likely N-dealkylation sites (N-methyl/N-ethyl adjacent to an activating group) is 1. The molecule has 1 atom stereocenters. The van der Waals surface area contributed by atoms with Gasteiger partial charge in [0.15, 0.2) is 0 Å². The lowest BCUT2D eigenvalue weighted by Crippen LogP contribution is -2.39. The number of nitrogens with zero attached hydrogens (tertiary/aromatic N) is 2. The van der Waals surface area contributed by atoms with Gasteiger partial charge in [-0.1, -0.05) is 56.3 Å². The molecule has 1 unspecified atom stereocenters. The molecule has 1 saturated heterocycles. The Bertz CT molecular complexity index is 819. The van der Waals surface area contributed by atoms with Crippen molar-refractivity contribution >= 4 is 17.6 Å². The number of carbonyl (C=O) groups excluding carboxylic acids is 2. The molecular formula is C24H32N4O2. The topological polar surface area (TPSA) is 64.7 Å². The first-order chi connectivity index (χ1) is 14.6. The number of rotatable bonds is 9. The molecule has 3 rings (SSSR count). The highest BCUT2D eigenvalue weighted by molar-refractivity contribution is 5.89. The van der Waals surface area contributed by atoms with Crippen LogP contribution in [0.25, 0.3) is 0 Å². The largest absolute Gasteiger partial charge is 0.338 e. The number of urea groups is 1. The normalized spacial score (nSPS) is 14.8. The predicted octanol–water partition coefficient (Wildman–Crippen LogP) is 4.01. The highest BCUT2D eigenvalue weighted by atomic mass is 16.2. The average molecular weight is 409 g/mol. The van der Waals surface area contributed by atoms with Crippen LogP contribution in [0, 0.1) is 0 Å². The maximum Gasteiger partial charge on any atom is 0.319 e. The molecular weight excluding hydrogens is 376 g/mol. The van der Waals surface area contributed by atoms with Gasteiger partial charge in [-0.15, -0.1) is 0 Å². The standard InChI is InChI=1S/C24H32N4O2/c1-3-27(4-2)22(20-9-6-5-7-10-20)17-25-24(30)26-21-14-12-19(13-15-21)18-28-16-8-11-23(28)29/h5-7,9-10,12-15,22H,3-4,8,11,16-18H2,1-2H3,(H2,25,26,30). The second-order valence-electron chi connectivity index (χ2n) is 7.60. The molecule has 0 aromatic heterocycles. The van der Waals surface area contributed by atoms with Crippen LogP contribution in [0.3, 0.4) is 0 Å². The van der Waals surface area contributed by atoms with E-state index >= 15 is 0 Å². The van der Waals surface area contributed by atoms with E-state index in [-0.39, 0.29) is 18.0 Å². The van der Waals surface area contributed by atoms with Crippen molar-refractivity contribution in [1.29, 1.82) is 0 Å². The molecule has 2 aromatic rings. The number of anilines is 1. The summed E-state index contributed by atoms with van der Waals surface area (Å²) in [5, 5.41) is 5.92. The molecule has 1 aliphatic rings. The first-order valence-corrected chi connectivity index (χ1v) is 10.8. The van der Waals surface area contributed by atoms with Crippen LogP contribution in [-0.2, 0) is 11.3 Å². The van der Waals surface area contributed by atoms with Gasteiger partial charge in [0.1, 0.15) is 0 Å². The fourth-order valence-corrected chi connectivity index (χ4v) is 3.95. The Morgan fingerprint density at radius 3 is 2.37 bits per heavy atom. The van der Waals surface area contributed by atoms with Crippen molar-refractivity contribution in [2.45, 2.75) is 39.3 Å². The molecule has 0 bridgehead atoms. The zero-order valence-corrected chi connectivity index (χ0v) is 17.9. The SMILES string of the molecule is CCN(CC)C(CNC(=O)Nc1ccc(CN2CCCC2=O)cc1)c1ccccc1. The monoisotopic (exact) mass is 408 g/mol. The molecule has 0 aliphatic carbocycles. The number of benzene rings is 2. The van der Waals surface area contributed by atoms with E-state index in [1.54, 1.807) is 0 Å². The molecule has 160 valence electrons. The Kier molecular flexibility index (Phi) is 7.85. The van der Waals surface area contributed by atoms with Crippen molar-refractivity contribution in [1.82, 2.24) is 15.1 Å². The fourth-order valence-electron chi connectivity index (χ4n) is 3.95. The fraction of sp³-hybridized carbons (Fsp3) is 0.417. The van der Waals surface area contributed by atoms with Crippen LogP contribution in [-0.4, -0.2) is 47.9 Å². The van der Waals surface area contributed by atoms with Crippen molar-refractivity contribution in [3.05, 3.63) is 65.7 Å². The van der Waals surface area contributed by atoms with E-state index in [4.69, 9.17) is 0 Å². The zero-order chi connectivity index (χ0) is 21.3. The first-order valence-electron chi connectivity index (χ1n) is 10.8. The molecule has 30 heavy (non-hydrogen) atoms. The van der Waals surface area contributed by atoms with Gasteiger partial charge in [0.2, 0.25) is 5.91 Å². The van der Waals surface area contributed by atoms with Crippen molar-refractivity contribution in [3.63, 3.8) is 0 Å². The maximum atomic E-state index is 12.5. The van der Waals surface area contributed by atoms with Crippen molar-refractivity contribution in [3.8, 4) is 0 Å². The zero-order valence-electron chi connectivity index (χ0n) is 17.9. The second-order valence-corrected chi connectivity index (χ2v) is 7.60. The third-order valence-corrected chi connectivity index (χ3v) is 5.65. The van der Waals surface area contributed by atoms with Crippen molar-refractivity contribution in [2.24, 2.45) is 0 Å². The van der Waals surface area contributed by atoms with E-state index < -0.39 is 0 Å². The van der Waals surface area contributed by atoms with E-state index in [1.165, 1.54) is 5.56 Å². The molecule has 0 radical (unpaired) electrons. The molecule has 2 N–H and O–H groups in total. The van der Waals surface area contributed by atoms with Crippen LogP contribution in [0.5, 0.6) is 0 Å². The summed E-state index contributed by atoms with van der Waals surface area (Å²) in [6, 6.07) is 17.9. The van der Waals surface area contributed by atoms with Crippen molar-refractivity contribution in [2.75, 3.05) is 31.5 Å². The summed E-state index contributed by atoms with van der Waals surface area (Å²) in [6.07, 6.45) is 1.59. The summed E-state index contributed by atoms with van der Waals surface area (Å²) >= 11 is 0. The lowest BCUT2D eigenvalue weighted by Gasteiger charge is -2.30. The van der Waals surface area contributed by atoms with Gasteiger partial charge in [-0.25, -0.2) is 4.79 Å². The van der Waals surface area contributed by atoms with Gasteiger partial charge in [-0.05, 0) is 42.8 Å². The Labute approximate surface area is 179 Å². The van der Waals surface area contributed by atoms with Crippen LogP contribution >= 0.6 is 0 Å². The summed E-state index contributed by atoms with van der Waals surface area (Å²) in [5.74, 6) is 0.220. The minimum atomic E-state index is -0.217. The number of carbonyl (C=O) groups is 2. The van der Waals surface area contributed by atoms with E-state index in [2.05, 4.69) is 41.5 Å². The van der Waals surface area contributed by atoms with E-state index in [0.717, 1.165) is 37.3 Å². The minimum absolute atomic E-state index is 0.132. The van der Waals surface area contributed by atoms with E-state index in [0.29, 0.717) is 19.5 Å². The summed E-state index contributed by atoms with van der Waals surface area (Å²) in [6.45, 7) is 8.10. The highest BCUT2D eigenvalue weighted by Crippen LogP contribution is 2.20. The summed E-state index contributed by atoms with van der Waals surface area (Å²) in [7, 11) is 0. The number of amides is 3. The minimum Gasteiger partial charge on any atom is -0.338 e. The van der Waals surface area contributed by atoms with E-state index in [1.807, 2.05) is 47.4 Å². The van der Waals surface area contributed by atoms with Gasteiger partial charge < -0.3 is 15.5 Å². The molecule has 3 amide bonds. The molecule has 6 heteroatoms. The van der Waals surface area contributed by atoms with Gasteiger partial charge in [-0.3, -0.25) is 9.69 Å². The van der Waals surface area contributed by atoms with Gasteiger partial charge >= 0.3 is 6.03 Å². The highest BCUT2D eigenvalue weighted by Gasteiger charge is 2.20. The number of nitrogens with one attached hydrogen (secondary N) is 2. The molecule has 0 spiro atoms. The van der Waals surface area contributed by atoms with E-state index in [9.17, 15) is 9.59 Å². The number of hydrogen-bond acceptors (Lipinski definition) is 3. The predicted molar refractivity (Wildman–Crippen MR) is 120 cm³/mol. The molecule has 1 aliphatic heterocycles. The Balaban J connectivity index is 1.54. The molecule has 2 aromatic carbocycles. The lowest BCUT2D eigenvalue weighted by molar-refractivity contribution is -0.128. The summed E-state index contributed by atoms with van der Waals surface area (Å²) < 4.78 is 0. The van der Waals surface area contributed by atoms with Gasteiger partial charge in [0, 0.05) is 31.7 Å². The third kappa shape index (κ3) is 5.83. The summed E-state index contributed by atoms with van der Waals surface area (Å²) in [4.78, 5) is 28.4. The maximum absolute atomic E-state index is 12.5. The third-order valence-electron chi connectivity index (χ3n) is 5.65. The quantitative estimate of drug-likeness (QED) is 0.659. The van der Waals surface area contributed by atoms with Crippen LogP contribution in [0.4, 0.5) is 10.5 Å².